The Morgan fingerprint density at radius 1 is 1.21 bits per heavy atom. The molecule has 0 N–H and O–H groups in total. The third kappa shape index (κ3) is 2.58. The zero-order valence-corrected chi connectivity index (χ0v) is 13.6. The van der Waals surface area contributed by atoms with Crippen LogP contribution in [0.3, 0.4) is 0 Å². The molecule has 1 aromatic carbocycles. The molecule has 1 aliphatic heterocycles. The number of Topliss-reactive ketones (excluding diaryl/α,β-unsaturated/α-hetero) is 1. The number of ether oxygens (including phenoxy) is 1. The Kier molecular flexibility index (Phi) is 3.59. The number of aromatic nitrogens is 2. The molecule has 24 heavy (non-hydrogen) atoms. The minimum Gasteiger partial charge on any atom is -0.481 e. The van der Waals surface area contributed by atoms with Gasteiger partial charge in [-0.1, -0.05) is 0 Å². The Bertz CT molecular complexity index is 812. The molecule has 4 rings (SSSR count). The quantitative estimate of drug-likeness (QED) is 0.867. The fraction of sp³-hybridized carbons (Fsp3) is 0.389. The number of carbonyl (C=O) groups is 2. The van der Waals surface area contributed by atoms with E-state index in [9.17, 15) is 9.59 Å². The van der Waals surface area contributed by atoms with E-state index in [0.29, 0.717) is 31.0 Å². The molecule has 0 bridgehead atoms. The van der Waals surface area contributed by atoms with Crippen LogP contribution in [-0.2, 0) is 18.3 Å². The minimum atomic E-state index is -0.504. The molecule has 0 unspecified atom stereocenters. The maximum atomic E-state index is 12.7. The number of ketones is 1. The Morgan fingerprint density at radius 3 is 2.88 bits per heavy atom. The van der Waals surface area contributed by atoms with Crippen LogP contribution < -0.4 is 9.64 Å². The normalized spacial score (nSPS) is 20.4. The van der Waals surface area contributed by atoms with Gasteiger partial charge in [-0.25, -0.2) is 0 Å². The van der Waals surface area contributed by atoms with Gasteiger partial charge in [0.2, 0.25) is 0 Å². The van der Waals surface area contributed by atoms with Crippen molar-refractivity contribution in [2.75, 3.05) is 11.4 Å². The Morgan fingerprint density at radius 2 is 2.08 bits per heavy atom. The average molecular weight is 325 g/mol. The van der Waals surface area contributed by atoms with Crippen LogP contribution in [0, 0.1) is 0 Å². The van der Waals surface area contributed by atoms with Gasteiger partial charge in [0.25, 0.3) is 5.91 Å². The predicted octanol–water partition coefficient (Wildman–Crippen LogP) is 2.12. The lowest BCUT2D eigenvalue weighted by Crippen LogP contribution is -2.47. The van der Waals surface area contributed by atoms with E-state index in [1.54, 1.807) is 15.6 Å². The first-order chi connectivity index (χ1) is 11.6. The van der Waals surface area contributed by atoms with Crippen LogP contribution in [0.25, 0.3) is 0 Å². The molecule has 1 amide bonds. The van der Waals surface area contributed by atoms with Gasteiger partial charge in [0.1, 0.15) is 5.75 Å². The number of rotatable bonds is 3. The molecule has 1 saturated heterocycles. The maximum Gasteiger partial charge on any atom is 0.269 e. The van der Waals surface area contributed by atoms with Crippen molar-refractivity contribution in [1.82, 2.24) is 9.78 Å². The highest BCUT2D eigenvalue weighted by atomic mass is 16.5. The number of hydrogen-bond acceptors (Lipinski definition) is 4. The lowest BCUT2D eigenvalue weighted by Gasteiger charge is -2.31. The van der Waals surface area contributed by atoms with Crippen LogP contribution in [0.15, 0.2) is 30.5 Å². The van der Waals surface area contributed by atoms with E-state index >= 15 is 0 Å². The number of hydrogen-bond donors (Lipinski definition) is 0. The number of piperidine rings is 1. The van der Waals surface area contributed by atoms with E-state index in [1.807, 2.05) is 31.4 Å². The van der Waals surface area contributed by atoms with Crippen LogP contribution in [0.1, 0.15) is 35.2 Å². The second kappa shape index (κ2) is 5.78. The summed E-state index contributed by atoms with van der Waals surface area (Å²) in [5.74, 6) is 1.45. The van der Waals surface area contributed by atoms with E-state index in [4.69, 9.17) is 4.74 Å². The second-order valence-corrected chi connectivity index (χ2v) is 6.33. The molecule has 0 spiro atoms. The Labute approximate surface area is 140 Å². The molecular weight excluding hydrogens is 306 g/mol. The second-order valence-electron chi connectivity index (χ2n) is 6.33. The van der Waals surface area contributed by atoms with Crippen molar-refractivity contribution in [1.29, 1.82) is 0 Å². The molecule has 6 nitrogen and oxygen atoms in total. The molecule has 2 aliphatic rings. The first-order valence-corrected chi connectivity index (χ1v) is 8.25. The van der Waals surface area contributed by atoms with Gasteiger partial charge in [0.05, 0.1) is 0 Å². The first kappa shape index (κ1) is 14.9. The topological polar surface area (TPSA) is 64.4 Å². The van der Waals surface area contributed by atoms with E-state index < -0.39 is 6.10 Å². The Hall–Kier alpha value is -2.63. The van der Waals surface area contributed by atoms with Crippen molar-refractivity contribution < 1.29 is 14.3 Å². The number of fused-ring (bicyclic) bond motifs is 1. The summed E-state index contributed by atoms with van der Waals surface area (Å²) in [7, 11) is 1.83. The van der Waals surface area contributed by atoms with Gasteiger partial charge in [0.15, 0.2) is 17.7 Å². The van der Waals surface area contributed by atoms with Gasteiger partial charge >= 0.3 is 0 Å². The number of nitrogens with zero attached hydrogens (tertiary/aromatic N) is 3. The number of aryl methyl sites for hydroxylation is 2. The van der Waals surface area contributed by atoms with Crippen molar-refractivity contribution in [3.63, 3.8) is 0 Å². The van der Waals surface area contributed by atoms with Crippen molar-refractivity contribution in [3.8, 4) is 5.75 Å². The predicted molar refractivity (Wildman–Crippen MR) is 88.3 cm³/mol. The monoisotopic (exact) mass is 325 g/mol. The zero-order chi connectivity index (χ0) is 16.7. The lowest BCUT2D eigenvalue weighted by molar-refractivity contribution is -0.127. The van der Waals surface area contributed by atoms with E-state index in [2.05, 4.69) is 5.10 Å². The minimum absolute atomic E-state index is 0.0588. The van der Waals surface area contributed by atoms with Gasteiger partial charge in [-0.2, -0.15) is 5.10 Å². The third-order valence-corrected chi connectivity index (χ3v) is 4.64. The van der Waals surface area contributed by atoms with Gasteiger partial charge in [-0.15, -0.1) is 0 Å². The molecule has 1 atom stereocenters. The van der Waals surface area contributed by atoms with Crippen LogP contribution in [0.5, 0.6) is 5.75 Å². The van der Waals surface area contributed by atoms with Gasteiger partial charge in [0, 0.05) is 37.8 Å². The molecule has 0 radical (unpaired) electrons. The smallest absolute Gasteiger partial charge is 0.269 e. The van der Waals surface area contributed by atoms with Crippen molar-refractivity contribution in [2.45, 2.75) is 31.8 Å². The van der Waals surface area contributed by atoms with E-state index in [0.717, 1.165) is 24.0 Å². The summed E-state index contributed by atoms with van der Waals surface area (Å²) in [6.07, 6.45) is 4.20. The summed E-state index contributed by atoms with van der Waals surface area (Å²) < 4.78 is 7.63. The third-order valence-electron chi connectivity index (χ3n) is 4.64. The molecule has 1 aromatic heterocycles. The van der Waals surface area contributed by atoms with E-state index in [1.165, 1.54) is 0 Å². The van der Waals surface area contributed by atoms with Crippen molar-refractivity contribution >= 4 is 17.5 Å². The number of carbonyl (C=O) groups excluding carboxylic acids is 2. The maximum absolute atomic E-state index is 12.7. The van der Waals surface area contributed by atoms with Gasteiger partial charge in [-0.3, -0.25) is 19.2 Å². The van der Waals surface area contributed by atoms with E-state index in [-0.39, 0.29) is 11.7 Å². The van der Waals surface area contributed by atoms with Crippen molar-refractivity contribution in [2.24, 2.45) is 7.05 Å². The highest BCUT2D eigenvalue weighted by Gasteiger charge is 2.32. The molecule has 2 aromatic rings. The highest BCUT2D eigenvalue weighted by molar-refractivity contribution is 6.00. The molecule has 6 heteroatoms. The highest BCUT2D eigenvalue weighted by Crippen LogP contribution is 2.28. The van der Waals surface area contributed by atoms with Crippen molar-refractivity contribution in [3.05, 3.63) is 41.6 Å². The van der Waals surface area contributed by atoms with Crippen LogP contribution in [-0.4, -0.2) is 34.1 Å². The van der Waals surface area contributed by atoms with Crippen LogP contribution in [0.4, 0.5) is 5.82 Å². The summed E-state index contributed by atoms with van der Waals surface area (Å²) in [6.45, 7) is 0.661. The fourth-order valence-electron chi connectivity index (χ4n) is 3.40. The largest absolute Gasteiger partial charge is 0.481 e. The van der Waals surface area contributed by atoms with Crippen LogP contribution in [0.2, 0.25) is 0 Å². The molecule has 2 heterocycles. The number of anilines is 1. The van der Waals surface area contributed by atoms with Crippen LogP contribution >= 0.6 is 0 Å². The SMILES string of the molecule is Cn1ccc(N2CCC[C@@H](Oc3ccc4c(c3)CCC4=O)C2=O)n1. The average Bonchev–Trinajstić information content (AvgIpc) is 3.16. The number of benzene rings is 1. The molecule has 1 aliphatic carbocycles. The number of amides is 1. The Balaban J connectivity index is 1.52. The van der Waals surface area contributed by atoms with Gasteiger partial charge < -0.3 is 4.74 Å². The molecular formula is C18H19N3O3. The fourth-order valence-corrected chi connectivity index (χ4v) is 3.40. The zero-order valence-electron chi connectivity index (χ0n) is 13.6. The summed E-state index contributed by atoms with van der Waals surface area (Å²) in [6, 6.07) is 7.33. The lowest BCUT2D eigenvalue weighted by atomic mass is 10.1. The molecule has 1 fully saturated rings. The van der Waals surface area contributed by atoms with Gasteiger partial charge in [-0.05, 0) is 43.0 Å². The summed E-state index contributed by atoms with van der Waals surface area (Å²) in [5, 5.41) is 4.31. The standard InChI is InChI=1S/C18H19N3O3/c1-20-10-8-17(19-20)21-9-2-3-16(18(21)23)24-13-5-6-14-12(11-13)4-7-15(14)22/h5-6,8,10-11,16H,2-4,7,9H2,1H3/t16-/m1/s1. The summed E-state index contributed by atoms with van der Waals surface area (Å²) in [5.41, 5.74) is 1.80. The summed E-state index contributed by atoms with van der Waals surface area (Å²) in [4.78, 5) is 26.1. The summed E-state index contributed by atoms with van der Waals surface area (Å²) >= 11 is 0. The molecule has 0 saturated carbocycles. The first-order valence-electron chi connectivity index (χ1n) is 8.25. The molecule has 124 valence electrons.